The van der Waals surface area contributed by atoms with E-state index < -0.39 is 5.60 Å². The highest BCUT2D eigenvalue weighted by molar-refractivity contribution is 7.09. The summed E-state index contributed by atoms with van der Waals surface area (Å²) >= 11 is 1.71. The maximum Gasteiger partial charge on any atom is 0.308 e. The first-order valence-corrected chi connectivity index (χ1v) is 8.13. The van der Waals surface area contributed by atoms with Crippen LogP contribution in [0.1, 0.15) is 37.5 Å². The zero-order valence-electron chi connectivity index (χ0n) is 11.9. The maximum absolute atomic E-state index is 11.7. The minimum atomic E-state index is -0.680. The second-order valence-electron chi connectivity index (χ2n) is 5.43. The Balaban J connectivity index is 1.72. The molecule has 1 saturated carbocycles. The van der Waals surface area contributed by atoms with Crippen LogP contribution in [0.2, 0.25) is 0 Å². The monoisotopic (exact) mass is 297 g/mol. The minimum Gasteiger partial charge on any atom is -0.466 e. The Labute approximate surface area is 124 Å². The zero-order chi connectivity index (χ0) is 14.4. The molecule has 1 fully saturated rings. The van der Waals surface area contributed by atoms with Crippen LogP contribution in [0, 0.1) is 5.92 Å². The number of ether oxygens (including phenoxy) is 1. The van der Waals surface area contributed by atoms with Gasteiger partial charge in [-0.15, -0.1) is 11.3 Å². The van der Waals surface area contributed by atoms with Crippen molar-refractivity contribution in [1.82, 2.24) is 5.32 Å². The van der Waals surface area contributed by atoms with Crippen LogP contribution in [0.4, 0.5) is 0 Å². The zero-order valence-corrected chi connectivity index (χ0v) is 12.7. The average molecular weight is 297 g/mol. The van der Waals surface area contributed by atoms with Crippen LogP contribution in [0.15, 0.2) is 17.5 Å². The number of hydrogen-bond acceptors (Lipinski definition) is 5. The number of carbonyl (C=O) groups excluding carboxylic acids is 1. The molecule has 4 nitrogen and oxygen atoms in total. The van der Waals surface area contributed by atoms with Crippen LogP contribution in [0.5, 0.6) is 0 Å². The Bertz CT molecular complexity index is 411. The van der Waals surface area contributed by atoms with Gasteiger partial charge in [-0.2, -0.15) is 0 Å². The van der Waals surface area contributed by atoms with E-state index in [9.17, 15) is 9.90 Å². The summed E-state index contributed by atoms with van der Waals surface area (Å²) in [7, 11) is 0. The van der Waals surface area contributed by atoms with Crippen LogP contribution in [-0.2, 0) is 16.1 Å². The van der Waals surface area contributed by atoms with Crippen LogP contribution in [0.3, 0.4) is 0 Å². The summed E-state index contributed by atoms with van der Waals surface area (Å²) in [4.78, 5) is 12.9. The van der Waals surface area contributed by atoms with E-state index in [1.165, 1.54) is 4.88 Å². The summed E-state index contributed by atoms with van der Waals surface area (Å²) in [6.45, 7) is 3.63. The van der Waals surface area contributed by atoms with Crippen molar-refractivity contribution in [3.63, 3.8) is 0 Å². The van der Waals surface area contributed by atoms with E-state index in [4.69, 9.17) is 4.74 Å². The lowest BCUT2D eigenvalue weighted by molar-refractivity contribution is -0.151. The Morgan fingerprint density at radius 1 is 1.55 bits per heavy atom. The van der Waals surface area contributed by atoms with E-state index in [2.05, 4.69) is 16.8 Å². The first kappa shape index (κ1) is 15.5. The van der Waals surface area contributed by atoms with Crippen LogP contribution < -0.4 is 5.32 Å². The molecule has 0 atom stereocenters. The van der Waals surface area contributed by atoms with Crippen molar-refractivity contribution in [2.24, 2.45) is 5.92 Å². The highest BCUT2D eigenvalue weighted by Crippen LogP contribution is 2.32. The number of aliphatic hydroxyl groups is 1. The number of hydrogen-bond donors (Lipinski definition) is 2. The van der Waals surface area contributed by atoms with Crippen LogP contribution >= 0.6 is 11.3 Å². The van der Waals surface area contributed by atoms with Crippen molar-refractivity contribution in [3.05, 3.63) is 22.4 Å². The normalized spacial score (nSPS) is 26.4. The topological polar surface area (TPSA) is 58.6 Å². The fraction of sp³-hybridized carbons (Fsp3) is 0.667. The third-order valence-corrected chi connectivity index (χ3v) is 4.75. The maximum atomic E-state index is 11.7. The van der Waals surface area contributed by atoms with Gasteiger partial charge in [0.15, 0.2) is 0 Å². The first-order valence-electron chi connectivity index (χ1n) is 7.25. The van der Waals surface area contributed by atoms with Gasteiger partial charge in [0, 0.05) is 18.0 Å². The fourth-order valence-corrected chi connectivity index (χ4v) is 3.33. The number of esters is 1. The molecule has 112 valence electrons. The van der Waals surface area contributed by atoms with Crippen molar-refractivity contribution in [3.8, 4) is 0 Å². The van der Waals surface area contributed by atoms with E-state index in [1.807, 2.05) is 13.0 Å². The molecule has 2 N–H and O–H groups in total. The smallest absolute Gasteiger partial charge is 0.308 e. The van der Waals surface area contributed by atoms with Gasteiger partial charge in [0.05, 0.1) is 18.1 Å². The number of nitrogens with one attached hydrogen (secondary N) is 1. The molecule has 0 unspecified atom stereocenters. The lowest BCUT2D eigenvalue weighted by atomic mass is 9.79. The van der Waals surface area contributed by atoms with E-state index in [-0.39, 0.29) is 11.9 Å². The molecule has 1 aliphatic rings. The lowest BCUT2D eigenvalue weighted by Gasteiger charge is -2.35. The summed E-state index contributed by atoms with van der Waals surface area (Å²) in [5, 5.41) is 15.9. The van der Waals surface area contributed by atoms with Gasteiger partial charge in [0.1, 0.15) is 0 Å². The number of carbonyl (C=O) groups is 1. The van der Waals surface area contributed by atoms with E-state index in [0.29, 0.717) is 26.0 Å². The fourth-order valence-electron chi connectivity index (χ4n) is 2.66. The molecule has 0 amide bonds. The standard InChI is InChI=1S/C15H23NO3S/c1-2-19-14(17)12-5-7-15(18,8-6-12)11-16-10-13-4-3-9-20-13/h3-4,9,12,16,18H,2,5-8,10-11H2,1H3. The predicted molar refractivity (Wildman–Crippen MR) is 79.6 cm³/mol. The SMILES string of the molecule is CCOC(=O)C1CCC(O)(CNCc2cccs2)CC1. The number of thiophene rings is 1. The van der Waals surface area contributed by atoms with Crippen molar-refractivity contribution in [1.29, 1.82) is 0 Å². The molecule has 1 aliphatic carbocycles. The Kier molecular flexibility index (Phi) is 5.57. The third kappa shape index (κ3) is 4.30. The quantitative estimate of drug-likeness (QED) is 0.791. The van der Waals surface area contributed by atoms with Crippen molar-refractivity contribution in [2.45, 2.75) is 44.8 Å². The highest BCUT2D eigenvalue weighted by atomic mass is 32.1. The molecule has 1 heterocycles. The number of rotatable bonds is 6. The minimum absolute atomic E-state index is 0.0347. The van der Waals surface area contributed by atoms with Gasteiger partial charge < -0.3 is 15.2 Å². The summed E-state index contributed by atoms with van der Waals surface area (Å²) in [5.41, 5.74) is -0.680. The van der Waals surface area contributed by atoms with Gasteiger partial charge >= 0.3 is 5.97 Å². The summed E-state index contributed by atoms with van der Waals surface area (Å²) in [6, 6.07) is 4.11. The highest BCUT2D eigenvalue weighted by Gasteiger charge is 2.35. The molecule has 1 aromatic heterocycles. The largest absolute Gasteiger partial charge is 0.466 e. The van der Waals surface area contributed by atoms with Gasteiger partial charge in [-0.05, 0) is 44.1 Å². The molecular weight excluding hydrogens is 274 g/mol. The Morgan fingerprint density at radius 3 is 2.90 bits per heavy atom. The molecule has 0 bridgehead atoms. The van der Waals surface area contributed by atoms with Crippen molar-refractivity contribution < 1.29 is 14.6 Å². The van der Waals surface area contributed by atoms with Gasteiger partial charge in [0.25, 0.3) is 0 Å². The van der Waals surface area contributed by atoms with E-state index in [1.54, 1.807) is 11.3 Å². The summed E-state index contributed by atoms with van der Waals surface area (Å²) < 4.78 is 5.04. The molecule has 0 aliphatic heterocycles. The Morgan fingerprint density at radius 2 is 2.30 bits per heavy atom. The van der Waals surface area contributed by atoms with E-state index in [0.717, 1.165) is 19.4 Å². The second-order valence-corrected chi connectivity index (χ2v) is 6.47. The average Bonchev–Trinajstić information content (AvgIpc) is 2.93. The van der Waals surface area contributed by atoms with Crippen LogP contribution in [0.25, 0.3) is 0 Å². The molecule has 2 rings (SSSR count). The molecule has 0 spiro atoms. The van der Waals surface area contributed by atoms with Crippen molar-refractivity contribution in [2.75, 3.05) is 13.2 Å². The lowest BCUT2D eigenvalue weighted by Crippen LogP contribution is -2.44. The van der Waals surface area contributed by atoms with Gasteiger partial charge in [0.2, 0.25) is 0 Å². The molecule has 20 heavy (non-hydrogen) atoms. The summed E-state index contributed by atoms with van der Waals surface area (Å²) in [5.74, 6) is -0.145. The summed E-state index contributed by atoms with van der Waals surface area (Å²) in [6.07, 6.45) is 2.76. The van der Waals surface area contributed by atoms with Gasteiger partial charge in [-0.1, -0.05) is 6.07 Å². The molecule has 0 aromatic carbocycles. The van der Waals surface area contributed by atoms with Crippen molar-refractivity contribution >= 4 is 17.3 Å². The Hall–Kier alpha value is -0.910. The van der Waals surface area contributed by atoms with E-state index >= 15 is 0 Å². The molecule has 1 aromatic rings. The molecule has 5 heteroatoms. The van der Waals surface area contributed by atoms with Crippen LogP contribution in [-0.4, -0.2) is 29.8 Å². The first-order chi connectivity index (χ1) is 9.63. The molecular formula is C15H23NO3S. The van der Waals surface area contributed by atoms with Gasteiger partial charge in [-0.3, -0.25) is 4.79 Å². The predicted octanol–water partition coefficient (Wildman–Crippen LogP) is 2.32. The van der Waals surface area contributed by atoms with Gasteiger partial charge in [-0.25, -0.2) is 0 Å². The molecule has 0 radical (unpaired) electrons. The third-order valence-electron chi connectivity index (χ3n) is 3.87. The molecule has 0 saturated heterocycles. The second kappa shape index (κ2) is 7.20.